The Balaban J connectivity index is 2.72. The van der Waals surface area contributed by atoms with Crippen molar-refractivity contribution in [3.05, 3.63) is 30.2 Å². The van der Waals surface area contributed by atoms with Crippen molar-refractivity contribution in [2.24, 2.45) is 0 Å². The third kappa shape index (κ3) is 1.32. The SMILES string of the molecule is CC(C)(C)c1coc2cccnc12. The Morgan fingerprint density at radius 2 is 2.08 bits per heavy atom. The fourth-order valence-corrected chi connectivity index (χ4v) is 1.40. The zero-order valence-corrected chi connectivity index (χ0v) is 8.16. The molecular weight excluding hydrogens is 162 g/mol. The van der Waals surface area contributed by atoms with Gasteiger partial charge in [0.15, 0.2) is 5.58 Å². The van der Waals surface area contributed by atoms with E-state index >= 15 is 0 Å². The van der Waals surface area contributed by atoms with Crippen LogP contribution in [-0.2, 0) is 5.41 Å². The molecule has 2 heteroatoms. The van der Waals surface area contributed by atoms with Crippen LogP contribution in [0.2, 0.25) is 0 Å². The van der Waals surface area contributed by atoms with Gasteiger partial charge in [-0.15, -0.1) is 0 Å². The van der Waals surface area contributed by atoms with Crippen molar-refractivity contribution >= 4 is 11.1 Å². The number of hydrogen-bond donors (Lipinski definition) is 0. The van der Waals surface area contributed by atoms with E-state index in [0.717, 1.165) is 11.1 Å². The van der Waals surface area contributed by atoms with Crippen LogP contribution in [0.15, 0.2) is 29.0 Å². The van der Waals surface area contributed by atoms with Gasteiger partial charge in [-0.05, 0) is 17.5 Å². The number of aromatic nitrogens is 1. The molecule has 0 N–H and O–H groups in total. The van der Waals surface area contributed by atoms with Crippen LogP contribution in [0.3, 0.4) is 0 Å². The van der Waals surface area contributed by atoms with Crippen LogP contribution in [0.25, 0.3) is 11.1 Å². The monoisotopic (exact) mass is 175 g/mol. The van der Waals surface area contributed by atoms with Crippen molar-refractivity contribution in [3.63, 3.8) is 0 Å². The van der Waals surface area contributed by atoms with Crippen molar-refractivity contribution in [2.75, 3.05) is 0 Å². The summed E-state index contributed by atoms with van der Waals surface area (Å²) in [7, 11) is 0. The number of nitrogens with zero attached hydrogens (tertiary/aromatic N) is 1. The summed E-state index contributed by atoms with van der Waals surface area (Å²) in [6, 6.07) is 3.83. The lowest BCUT2D eigenvalue weighted by molar-refractivity contribution is 0.557. The number of fused-ring (bicyclic) bond motifs is 1. The van der Waals surface area contributed by atoms with E-state index in [1.807, 2.05) is 12.1 Å². The Hall–Kier alpha value is -1.31. The molecule has 0 spiro atoms. The number of furan rings is 1. The summed E-state index contributed by atoms with van der Waals surface area (Å²) in [4.78, 5) is 4.31. The maximum absolute atomic E-state index is 5.41. The molecule has 0 atom stereocenters. The van der Waals surface area contributed by atoms with Crippen LogP contribution in [0.5, 0.6) is 0 Å². The van der Waals surface area contributed by atoms with Gasteiger partial charge in [-0.1, -0.05) is 20.8 Å². The molecule has 0 amide bonds. The van der Waals surface area contributed by atoms with E-state index in [-0.39, 0.29) is 5.41 Å². The second-order valence-electron chi connectivity index (χ2n) is 4.25. The van der Waals surface area contributed by atoms with E-state index in [0.29, 0.717) is 0 Å². The Morgan fingerprint density at radius 1 is 1.31 bits per heavy atom. The lowest BCUT2D eigenvalue weighted by Gasteiger charge is -2.15. The minimum Gasteiger partial charge on any atom is -0.462 e. The fourth-order valence-electron chi connectivity index (χ4n) is 1.40. The molecule has 0 bridgehead atoms. The van der Waals surface area contributed by atoms with Crippen molar-refractivity contribution in [1.82, 2.24) is 4.98 Å². The zero-order chi connectivity index (χ0) is 9.47. The standard InChI is InChI=1S/C11H13NO/c1-11(2,3)8-7-13-9-5-4-6-12-10(8)9/h4-7H,1-3H3. The van der Waals surface area contributed by atoms with E-state index < -0.39 is 0 Å². The number of pyridine rings is 1. The van der Waals surface area contributed by atoms with Gasteiger partial charge in [-0.2, -0.15) is 0 Å². The van der Waals surface area contributed by atoms with Crippen molar-refractivity contribution in [1.29, 1.82) is 0 Å². The highest BCUT2D eigenvalue weighted by Gasteiger charge is 2.19. The summed E-state index contributed by atoms with van der Waals surface area (Å²) in [5, 5.41) is 0. The first-order valence-corrected chi connectivity index (χ1v) is 4.42. The highest BCUT2D eigenvalue weighted by atomic mass is 16.3. The molecule has 0 saturated carbocycles. The summed E-state index contributed by atoms with van der Waals surface area (Å²) in [6.07, 6.45) is 3.60. The molecule has 0 unspecified atom stereocenters. The first kappa shape index (κ1) is 8.30. The first-order chi connectivity index (χ1) is 6.09. The molecule has 2 rings (SSSR count). The molecule has 0 aromatic carbocycles. The van der Waals surface area contributed by atoms with Crippen molar-refractivity contribution in [3.8, 4) is 0 Å². The third-order valence-electron chi connectivity index (χ3n) is 2.14. The predicted octanol–water partition coefficient (Wildman–Crippen LogP) is 3.13. The molecule has 0 fully saturated rings. The average molecular weight is 175 g/mol. The lowest BCUT2D eigenvalue weighted by Crippen LogP contribution is -2.10. The summed E-state index contributed by atoms with van der Waals surface area (Å²) in [6.45, 7) is 6.48. The van der Waals surface area contributed by atoms with E-state index in [4.69, 9.17) is 4.42 Å². The number of rotatable bonds is 0. The molecule has 13 heavy (non-hydrogen) atoms. The molecule has 0 saturated heterocycles. The van der Waals surface area contributed by atoms with Crippen LogP contribution in [0, 0.1) is 0 Å². The van der Waals surface area contributed by atoms with Crippen LogP contribution in [0.1, 0.15) is 26.3 Å². The van der Waals surface area contributed by atoms with Gasteiger partial charge in [-0.25, -0.2) is 0 Å². The van der Waals surface area contributed by atoms with Crippen LogP contribution in [0.4, 0.5) is 0 Å². The molecule has 0 aliphatic rings. The molecule has 2 heterocycles. The minimum atomic E-state index is 0.0968. The van der Waals surface area contributed by atoms with Gasteiger partial charge in [0, 0.05) is 11.8 Å². The Kier molecular flexibility index (Phi) is 1.65. The zero-order valence-electron chi connectivity index (χ0n) is 8.16. The summed E-state index contributed by atoms with van der Waals surface area (Å²) >= 11 is 0. The Morgan fingerprint density at radius 3 is 2.77 bits per heavy atom. The highest BCUT2D eigenvalue weighted by molar-refractivity contribution is 5.77. The van der Waals surface area contributed by atoms with Crippen molar-refractivity contribution < 1.29 is 4.42 Å². The summed E-state index contributed by atoms with van der Waals surface area (Å²) in [5.74, 6) is 0. The topological polar surface area (TPSA) is 26.0 Å². The van der Waals surface area contributed by atoms with Gasteiger partial charge in [0.2, 0.25) is 0 Å². The van der Waals surface area contributed by atoms with Crippen LogP contribution < -0.4 is 0 Å². The molecule has 0 aliphatic carbocycles. The quantitative estimate of drug-likeness (QED) is 0.614. The normalized spacial score (nSPS) is 12.2. The predicted molar refractivity (Wildman–Crippen MR) is 52.7 cm³/mol. The second kappa shape index (κ2) is 2.59. The van der Waals surface area contributed by atoms with E-state index in [1.54, 1.807) is 12.5 Å². The maximum Gasteiger partial charge on any atom is 0.152 e. The van der Waals surface area contributed by atoms with Gasteiger partial charge < -0.3 is 4.42 Å². The summed E-state index contributed by atoms with van der Waals surface area (Å²) < 4.78 is 5.41. The molecule has 2 nitrogen and oxygen atoms in total. The Bertz CT molecular complexity index is 423. The van der Waals surface area contributed by atoms with Gasteiger partial charge in [0.25, 0.3) is 0 Å². The second-order valence-corrected chi connectivity index (χ2v) is 4.25. The smallest absolute Gasteiger partial charge is 0.152 e. The fraction of sp³-hybridized carbons (Fsp3) is 0.364. The van der Waals surface area contributed by atoms with E-state index in [2.05, 4.69) is 25.8 Å². The molecule has 0 radical (unpaired) electrons. The molecule has 2 aromatic rings. The lowest BCUT2D eigenvalue weighted by atomic mass is 9.88. The van der Waals surface area contributed by atoms with Gasteiger partial charge >= 0.3 is 0 Å². The maximum atomic E-state index is 5.41. The first-order valence-electron chi connectivity index (χ1n) is 4.42. The number of hydrogen-bond acceptors (Lipinski definition) is 2. The Labute approximate surface area is 77.6 Å². The van der Waals surface area contributed by atoms with E-state index in [9.17, 15) is 0 Å². The van der Waals surface area contributed by atoms with Gasteiger partial charge in [-0.3, -0.25) is 4.98 Å². The van der Waals surface area contributed by atoms with Crippen molar-refractivity contribution in [2.45, 2.75) is 26.2 Å². The highest BCUT2D eigenvalue weighted by Crippen LogP contribution is 2.29. The van der Waals surface area contributed by atoms with Gasteiger partial charge in [0.05, 0.1) is 6.26 Å². The third-order valence-corrected chi connectivity index (χ3v) is 2.14. The summed E-state index contributed by atoms with van der Waals surface area (Å²) in [5.41, 5.74) is 3.12. The molecule has 2 aromatic heterocycles. The minimum absolute atomic E-state index is 0.0968. The van der Waals surface area contributed by atoms with Crippen LogP contribution in [-0.4, -0.2) is 4.98 Å². The van der Waals surface area contributed by atoms with Gasteiger partial charge in [0.1, 0.15) is 5.52 Å². The average Bonchev–Trinajstić information content (AvgIpc) is 2.45. The molecule has 0 aliphatic heterocycles. The molecule has 68 valence electrons. The van der Waals surface area contributed by atoms with E-state index in [1.165, 1.54) is 5.56 Å². The largest absolute Gasteiger partial charge is 0.462 e. The molecular formula is C11H13NO. The van der Waals surface area contributed by atoms with Crippen LogP contribution >= 0.6 is 0 Å².